The van der Waals surface area contributed by atoms with Crippen LogP contribution in [0.3, 0.4) is 0 Å². The minimum absolute atomic E-state index is 0.282. The van der Waals surface area contributed by atoms with Crippen LogP contribution in [0, 0.1) is 5.82 Å². The van der Waals surface area contributed by atoms with Gasteiger partial charge >= 0.3 is 0 Å². The Bertz CT molecular complexity index is 913. The largest absolute Gasteiger partial charge is 0.491 e. The van der Waals surface area contributed by atoms with Gasteiger partial charge in [-0.1, -0.05) is 76.6 Å². The van der Waals surface area contributed by atoms with Crippen molar-refractivity contribution < 1.29 is 9.13 Å². The molecule has 0 radical (unpaired) electrons. The Kier molecular flexibility index (Phi) is 9.61. The lowest BCUT2D eigenvalue weighted by molar-refractivity contribution is 0.290. The van der Waals surface area contributed by atoms with Gasteiger partial charge in [0, 0.05) is 9.75 Å². The lowest BCUT2D eigenvalue weighted by Crippen LogP contribution is -1.99. The molecule has 166 valence electrons. The first-order chi connectivity index (χ1) is 15.2. The van der Waals surface area contributed by atoms with Crippen LogP contribution in [-0.4, -0.2) is 6.61 Å². The number of thiophene rings is 1. The second kappa shape index (κ2) is 12.7. The van der Waals surface area contributed by atoms with Gasteiger partial charge in [0.15, 0.2) is 11.6 Å². The van der Waals surface area contributed by atoms with E-state index in [-0.39, 0.29) is 5.82 Å². The summed E-state index contributed by atoms with van der Waals surface area (Å²) in [6.45, 7) is 5.00. The van der Waals surface area contributed by atoms with Crippen molar-refractivity contribution in [3.05, 3.63) is 66.0 Å². The van der Waals surface area contributed by atoms with Gasteiger partial charge in [0.25, 0.3) is 0 Å². The molecule has 31 heavy (non-hydrogen) atoms. The van der Waals surface area contributed by atoms with Crippen molar-refractivity contribution in [2.75, 3.05) is 6.61 Å². The van der Waals surface area contributed by atoms with E-state index in [4.69, 9.17) is 4.74 Å². The predicted molar refractivity (Wildman–Crippen MR) is 133 cm³/mol. The van der Waals surface area contributed by atoms with Crippen molar-refractivity contribution in [3.8, 4) is 26.6 Å². The number of hydrogen-bond donors (Lipinski definition) is 0. The van der Waals surface area contributed by atoms with Crippen molar-refractivity contribution >= 4 is 11.3 Å². The average Bonchev–Trinajstić information content (AvgIpc) is 3.28. The molecule has 1 aromatic heterocycles. The van der Waals surface area contributed by atoms with Crippen LogP contribution in [0.15, 0.2) is 54.6 Å². The molecule has 0 aliphatic carbocycles. The van der Waals surface area contributed by atoms with Gasteiger partial charge in [-0.25, -0.2) is 4.39 Å². The standard InChI is InChI=1S/C28H35FOS/c1-3-5-7-9-11-22-12-14-23(15-13-22)27-18-19-28(31-27)24-16-17-26(25(29)21-24)30-20-10-8-6-4-2/h12-19,21H,3-11,20H2,1-2H3. The minimum atomic E-state index is -0.282. The van der Waals surface area contributed by atoms with Crippen LogP contribution in [0.1, 0.15) is 70.8 Å². The second-order valence-corrected chi connectivity index (χ2v) is 9.31. The van der Waals surface area contributed by atoms with Crippen LogP contribution in [0.25, 0.3) is 20.9 Å². The van der Waals surface area contributed by atoms with E-state index in [1.54, 1.807) is 23.5 Å². The van der Waals surface area contributed by atoms with E-state index in [2.05, 4.69) is 50.2 Å². The van der Waals surface area contributed by atoms with Crippen molar-refractivity contribution in [2.24, 2.45) is 0 Å². The van der Waals surface area contributed by atoms with Gasteiger partial charge in [0.2, 0.25) is 0 Å². The number of ether oxygens (including phenoxy) is 1. The van der Waals surface area contributed by atoms with Crippen molar-refractivity contribution in [2.45, 2.75) is 71.6 Å². The van der Waals surface area contributed by atoms with Crippen LogP contribution in [0.4, 0.5) is 4.39 Å². The van der Waals surface area contributed by atoms with E-state index in [1.807, 2.05) is 6.07 Å². The van der Waals surface area contributed by atoms with Gasteiger partial charge in [0.1, 0.15) is 0 Å². The second-order valence-electron chi connectivity index (χ2n) is 8.23. The number of unbranched alkanes of at least 4 members (excludes halogenated alkanes) is 6. The van der Waals surface area contributed by atoms with Crippen LogP contribution < -0.4 is 4.74 Å². The number of halogens is 1. The maximum absolute atomic E-state index is 14.5. The Labute approximate surface area is 191 Å². The van der Waals surface area contributed by atoms with Gasteiger partial charge in [-0.05, 0) is 66.3 Å². The van der Waals surface area contributed by atoms with E-state index in [0.717, 1.165) is 29.7 Å². The van der Waals surface area contributed by atoms with Crippen LogP contribution in [-0.2, 0) is 6.42 Å². The van der Waals surface area contributed by atoms with E-state index in [0.29, 0.717) is 12.4 Å². The fourth-order valence-corrected chi connectivity index (χ4v) is 4.73. The van der Waals surface area contributed by atoms with Gasteiger partial charge < -0.3 is 4.74 Å². The Morgan fingerprint density at radius 1 is 0.710 bits per heavy atom. The first-order valence-electron chi connectivity index (χ1n) is 11.8. The molecule has 3 heteroatoms. The average molecular weight is 439 g/mol. The third kappa shape index (κ3) is 7.21. The lowest BCUT2D eigenvalue weighted by atomic mass is 10.0. The van der Waals surface area contributed by atoms with Crippen LogP contribution in [0.5, 0.6) is 5.75 Å². The highest BCUT2D eigenvalue weighted by molar-refractivity contribution is 7.18. The number of rotatable bonds is 13. The SMILES string of the molecule is CCCCCCOc1ccc(-c2ccc(-c3ccc(CCCCCC)cc3)s2)cc1F. The topological polar surface area (TPSA) is 9.23 Å². The zero-order chi connectivity index (χ0) is 21.9. The molecule has 0 saturated heterocycles. The Morgan fingerprint density at radius 2 is 1.35 bits per heavy atom. The lowest BCUT2D eigenvalue weighted by Gasteiger charge is -2.08. The van der Waals surface area contributed by atoms with Gasteiger partial charge in [-0.15, -0.1) is 11.3 Å². The molecule has 0 aliphatic rings. The van der Waals surface area contributed by atoms with E-state index in [1.165, 1.54) is 54.5 Å². The summed E-state index contributed by atoms with van der Waals surface area (Å²) >= 11 is 1.70. The number of hydrogen-bond acceptors (Lipinski definition) is 2. The van der Waals surface area contributed by atoms with Crippen molar-refractivity contribution in [1.29, 1.82) is 0 Å². The van der Waals surface area contributed by atoms with E-state index >= 15 is 0 Å². The summed E-state index contributed by atoms with van der Waals surface area (Å²) < 4.78 is 20.1. The third-order valence-electron chi connectivity index (χ3n) is 5.64. The summed E-state index contributed by atoms with van der Waals surface area (Å²) in [6, 6.07) is 18.4. The monoisotopic (exact) mass is 438 g/mol. The molecule has 1 nitrogen and oxygen atoms in total. The quantitative estimate of drug-likeness (QED) is 0.242. The molecule has 0 unspecified atom stereocenters. The first-order valence-corrected chi connectivity index (χ1v) is 12.6. The maximum atomic E-state index is 14.5. The fraction of sp³-hybridized carbons (Fsp3) is 0.429. The Morgan fingerprint density at radius 3 is 2.03 bits per heavy atom. The molecule has 0 spiro atoms. The molecule has 0 amide bonds. The number of benzene rings is 2. The Hall–Kier alpha value is -2.13. The summed E-state index contributed by atoms with van der Waals surface area (Å²) in [5.41, 5.74) is 3.53. The summed E-state index contributed by atoms with van der Waals surface area (Å²) in [5, 5.41) is 0. The molecular weight excluding hydrogens is 403 g/mol. The molecule has 2 aromatic carbocycles. The highest BCUT2D eigenvalue weighted by Crippen LogP contribution is 2.36. The normalized spacial score (nSPS) is 11.1. The zero-order valence-corrected chi connectivity index (χ0v) is 19.8. The molecular formula is C28H35FOS. The van der Waals surface area contributed by atoms with Crippen molar-refractivity contribution in [1.82, 2.24) is 0 Å². The summed E-state index contributed by atoms with van der Waals surface area (Å²) in [5.74, 6) is 0.0712. The molecule has 0 N–H and O–H groups in total. The molecule has 0 bridgehead atoms. The Balaban J connectivity index is 1.59. The number of aryl methyl sites for hydroxylation is 1. The predicted octanol–water partition coefficient (Wildman–Crippen LogP) is 9.30. The maximum Gasteiger partial charge on any atom is 0.165 e. The molecule has 0 saturated carbocycles. The van der Waals surface area contributed by atoms with Gasteiger partial charge in [-0.3, -0.25) is 0 Å². The molecule has 1 heterocycles. The highest BCUT2D eigenvalue weighted by atomic mass is 32.1. The van der Waals surface area contributed by atoms with Crippen molar-refractivity contribution in [3.63, 3.8) is 0 Å². The van der Waals surface area contributed by atoms with Gasteiger partial charge in [0.05, 0.1) is 6.61 Å². The van der Waals surface area contributed by atoms with Crippen LogP contribution in [0.2, 0.25) is 0 Å². The highest BCUT2D eigenvalue weighted by Gasteiger charge is 2.09. The smallest absolute Gasteiger partial charge is 0.165 e. The first kappa shape index (κ1) is 23.5. The molecule has 0 aliphatic heterocycles. The van der Waals surface area contributed by atoms with Crippen LogP contribution >= 0.6 is 11.3 Å². The zero-order valence-electron chi connectivity index (χ0n) is 19.0. The molecule has 3 rings (SSSR count). The molecule has 0 atom stereocenters. The minimum Gasteiger partial charge on any atom is -0.491 e. The summed E-state index contributed by atoms with van der Waals surface area (Å²) in [7, 11) is 0. The summed E-state index contributed by atoms with van der Waals surface area (Å²) in [4.78, 5) is 2.29. The summed E-state index contributed by atoms with van der Waals surface area (Å²) in [6.07, 6.45) is 10.8. The molecule has 0 fully saturated rings. The van der Waals surface area contributed by atoms with E-state index < -0.39 is 0 Å². The third-order valence-corrected chi connectivity index (χ3v) is 6.82. The van der Waals surface area contributed by atoms with Gasteiger partial charge in [-0.2, -0.15) is 0 Å². The molecule has 3 aromatic rings. The fourth-order valence-electron chi connectivity index (χ4n) is 3.72. The van der Waals surface area contributed by atoms with E-state index in [9.17, 15) is 4.39 Å².